The molecule has 2 saturated heterocycles. The van der Waals surface area contributed by atoms with Crippen molar-refractivity contribution >= 4 is 11.9 Å². The monoisotopic (exact) mass is 655 g/mol. The predicted octanol–water partition coefficient (Wildman–Crippen LogP) is -1.94. The van der Waals surface area contributed by atoms with Crippen LogP contribution in [-0.2, 0) is 35.8 Å². The molecule has 0 saturated carbocycles. The number of aliphatic hydroxyl groups is 6. The molecule has 0 bridgehead atoms. The Balaban J connectivity index is 1.46. The van der Waals surface area contributed by atoms with Gasteiger partial charge in [0.1, 0.15) is 42.7 Å². The lowest BCUT2D eigenvalue weighted by Gasteiger charge is -2.40. The van der Waals surface area contributed by atoms with Crippen LogP contribution in [0.1, 0.15) is 37.8 Å². The zero-order valence-electron chi connectivity index (χ0n) is 25.5. The second kappa shape index (κ2) is 13.0. The number of ether oxygens (including phenoxy) is 5. The van der Waals surface area contributed by atoms with Gasteiger partial charge < -0.3 is 69.4 Å². The van der Waals surface area contributed by atoms with Crippen LogP contribution < -0.4 is 9.47 Å². The molecule has 256 valence electrons. The smallest absolute Gasteiger partial charge is 0.335 e. The third-order valence-corrected chi connectivity index (χ3v) is 9.33. The van der Waals surface area contributed by atoms with Gasteiger partial charge in [0, 0.05) is 18.5 Å². The van der Waals surface area contributed by atoms with E-state index in [9.17, 15) is 50.4 Å². The maximum absolute atomic E-state index is 11.7. The molecule has 5 rings (SSSR count). The van der Waals surface area contributed by atoms with Crippen LogP contribution in [0.15, 0.2) is 24.3 Å². The Bertz CT molecular complexity index is 1340. The Morgan fingerprint density at radius 2 is 1.52 bits per heavy atom. The summed E-state index contributed by atoms with van der Waals surface area (Å²) in [5.74, 6) is -2.75. The molecule has 13 atom stereocenters. The fourth-order valence-electron chi connectivity index (χ4n) is 6.84. The van der Waals surface area contributed by atoms with Crippen LogP contribution in [0.4, 0.5) is 0 Å². The Kier molecular flexibility index (Phi) is 9.70. The van der Waals surface area contributed by atoms with E-state index in [4.69, 9.17) is 23.7 Å². The Morgan fingerprint density at radius 3 is 2.09 bits per heavy atom. The van der Waals surface area contributed by atoms with Crippen LogP contribution in [0.2, 0.25) is 0 Å². The minimum Gasteiger partial charge on any atom is -0.485 e. The van der Waals surface area contributed by atoms with Gasteiger partial charge in [0.05, 0.1) is 11.5 Å². The van der Waals surface area contributed by atoms with E-state index in [1.54, 1.807) is 19.1 Å². The van der Waals surface area contributed by atoms with E-state index in [2.05, 4.69) is 11.5 Å². The molecular weight excluding hydrogens is 614 g/mol. The fourth-order valence-corrected chi connectivity index (χ4v) is 6.84. The first kappa shape index (κ1) is 34.4. The van der Waals surface area contributed by atoms with Crippen LogP contribution in [0.5, 0.6) is 11.5 Å². The minimum absolute atomic E-state index is 0.0780. The lowest BCUT2D eigenvalue weighted by molar-refractivity contribution is -0.304. The van der Waals surface area contributed by atoms with Gasteiger partial charge >= 0.3 is 11.9 Å². The molecule has 16 heteroatoms. The van der Waals surface area contributed by atoms with Gasteiger partial charge in [-0.05, 0) is 45.5 Å². The maximum atomic E-state index is 11.7. The summed E-state index contributed by atoms with van der Waals surface area (Å²) in [5, 5.41) is 80.6. The summed E-state index contributed by atoms with van der Waals surface area (Å²) < 4.78 is 29.0. The number of carboxylic acids is 2. The molecule has 1 aromatic carbocycles. The largest absolute Gasteiger partial charge is 0.485 e. The summed E-state index contributed by atoms with van der Waals surface area (Å²) in [5.41, 5.74) is 1.56. The SMILES string of the molecule is C=C(C)[C@@]12CCN(C)Cc3ccc(O[C@@H]4O[C@H](C(=O)O)[C@@H](O)[C@H](O)[C@H]4O)c(c31)O[C@H]2C[C@H](C)O[C@@H]1O[C@H](C(=O)O)[C@@H](O)[C@H](O)[C@H]1O. The fraction of sp³-hybridized carbons (Fsp3) is 0.667. The van der Waals surface area contributed by atoms with E-state index >= 15 is 0 Å². The molecule has 0 radical (unpaired) electrons. The minimum atomic E-state index is -1.90. The van der Waals surface area contributed by atoms with Gasteiger partial charge in [0.25, 0.3) is 0 Å². The molecular formula is C30H41NO15. The van der Waals surface area contributed by atoms with Crippen molar-refractivity contribution in [3.63, 3.8) is 0 Å². The van der Waals surface area contributed by atoms with Crippen LogP contribution in [0, 0.1) is 0 Å². The molecule has 8 N–H and O–H groups in total. The summed E-state index contributed by atoms with van der Waals surface area (Å²) in [7, 11) is 1.96. The normalized spacial score (nSPS) is 39.9. The van der Waals surface area contributed by atoms with E-state index < -0.39 is 91.0 Å². The molecule has 0 unspecified atom stereocenters. The van der Waals surface area contributed by atoms with Crippen LogP contribution in [0.25, 0.3) is 0 Å². The quantitative estimate of drug-likeness (QED) is 0.135. The topological polar surface area (TPSA) is 245 Å². The molecule has 0 aromatic heterocycles. The molecule has 1 aromatic rings. The van der Waals surface area contributed by atoms with Gasteiger partial charge in [-0.25, -0.2) is 9.59 Å². The van der Waals surface area contributed by atoms with Crippen molar-refractivity contribution < 1.29 is 74.1 Å². The zero-order valence-corrected chi connectivity index (χ0v) is 25.5. The molecule has 46 heavy (non-hydrogen) atoms. The number of aliphatic carboxylic acids is 2. The van der Waals surface area contributed by atoms with Crippen molar-refractivity contribution in [2.45, 2.75) is 112 Å². The summed E-state index contributed by atoms with van der Waals surface area (Å²) in [4.78, 5) is 25.3. The van der Waals surface area contributed by atoms with Gasteiger partial charge in [0.2, 0.25) is 6.29 Å². The number of nitrogens with zero attached hydrogens (tertiary/aromatic N) is 1. The lowest BCUT2D eigenvalue weighted by atomic mass is 9.67. The molecule has 4 aliphatic heterocycles. The van der Waals surface area contributed by atoms with Gasteiger partial charge in [-0.15, -0.1) is 0 Å². The van der Waals surface area contributed by atoms with Crippen molar-refractivity contribution in [1.29, 1.82) is 0 Å². The van der Waals surface area contributed by atoms with Crippen LogP contribution >= 0.6 is 0 Å². The van der Waals surface area contributed by atoms with Crippen molar-refractivity contribution in [1.82, 2.24) is 4.90 Å². The third kappa shape index (κ3) is 5.87. The van der Waals surface area contributed by atoms with E-state index in [0.29, 0.717) is 19.5 Å². The Morgan fingerprint density at radius 1 is 0.957 bits per heavy atom. The molecule has 0 aliphatic carbocycles. The number of carbonyl (C=O) groups is 2. The number of aliphatic hydroxyl groups excluding tert-OH is 6. The highest BCUT2D eigenvalue weighted by Crippen LogP contribution is 2.57. The van der Waals surface area contributed by atoms with Gasteiger partial charge in [-0.2, -0.15) is 0 Å². The summed E-state index contributed by atoms with van der Waals surface area (Å²) in [6, 6.07) is 3.38. The van der Waals surface area contributed by atoms with Crippen LogP contribution in [0.3, 0.4) is 0 Å². The number of hydrogen-bond donors (Lipinski definition) is 8. The molecule has 4 aliphatic rings. The van der Waals surface area contributed by atoms with E-state index in [1.807, 2.05) is 14.0 Å². The van der Waals surface area contributed by atoms with Gasteiger partial charge in [0.15, 0.2) is 30.0 Å². The van der Waals surface area contributed by atoms with E-state index in [0.717, 1.165) is 16.7 Å². The van der Waals surface area contributed by atoms with Crippen molar-refractivity contribution in [3.05, 3.63) is 35.4 Å². The summed E-state index contributed by atoms with van der Waals surface area (Å²) in [6.07, 6.45) is -18.7. The predicted molar refractivity (Wildman–Crippen MR) is 153 cm³/mol. The molecule has 0 amide bonds. The highest BCUT2D eigenvalue weighted by molar-refractivity contribution is 5.74. The van der Waals surface area contributed by atoms with Gasteiger partial charge in [-0.1, -0.05) is 18.2 Å². The highest BCUT2D eigenvalue weighted by Gasteiger charge is 2.55. The number of hydrogen-bond acceptors (Lipinski definition) is 14. The average molecular weight is 656 g/mol. The van der Waals surface area contributed by atoms with Crippen molar-refractivity contribution in [2.24, 2.45) is 0 Å². The second-order valence-corrected chi connectivity index (χ2v) is 12.5. The van der Waals surface area contributed by atoms with Gasteiger partial charge in [-0.3, -0.25) is 0 Å². The van der Waals surface area contributed by atoms with Crippen molar-refractivity contribution in [2.75, 3.05) is 13.6 Å². The molecule has 16 nitrogen and oxygen atoms in total. The number of benzene rings is 1. The maximum Gasteiger partial charge on any atom is 0.335 e. The van der Waals surface area contributed by atoms with E-state index in [1.165, 1.54) is 0 Å². The first-order valence-corrected chi connectivity index (χ1v) is 14.9. The zero-order chi connectivity index (χ0) is 33.8. The Labute approximate surface area is 263 Å². The van der Waals surface area contributed by atoms with Crippen LogP contribution in [-0.4, -0.2) is 145 Å². The first-order chi connectivity index (χ1) is 21.6. The Hall–Kier alpha value is -2.90. The van der Waals surface area contributed by atoms with E-state index in [-0.39, 0.29) is 17.9 Å². The highest BCUT2D eigenvalue weighted by atomic mass is 16.7. The standard InChI is InChI=1S/C30H41NO15/c1-11(2)30-7-8-31(4)10-13-5-6-14(43-29-22(37)18(33)20(35)25(46-29)27(40)41)23(16(13)30)44-15(30)9-12(3)42-28-21(36)17(32)19(34)24(45-28)26(38)39/h5-6,12,15,17-22,24-25,28-29,32-37H,1,7-10H2,2-4H3,(H,38,39)(H,40,41)/t12-,15-,17-,18-,19-,20-,21+,22+,24-,25-,28+,29+,30+/m0/s1. The number of carboxylic acid groups (broad SMARTS) is 2. The van der Waals surface area contributed by atoms with Crippen molar-refractivity contribution in [3.8, 4) is 11.5 Å². The lowest BCUT2D eigenvalue weighted by Crippen LogP contribution is -2.61. The second-order valence-electron chi connectivity index (χ2n) is 12.5. The molecule has 2 fully saturated rings. The summed E-state index contributed by atoms with van der Waals surface area (Å²) >= 11 is 0. The molecule has 0 spiro atoms. The number of rotatable bonds is 9. The first-order valence-electron chi connectivity index (χ1n) is 14.9. The molecule has 4 heterocycles. The third-order valence-electron chi connectivity index (χ3n) is 9.33. The average Bonchev–Trinajstić information content (AvgIpc) is 3.23. The summed E-state index contributed by atoms with van der Waals surface area (Å²) in [6.45, 7) is 8.97.